The van der Waals surface area contributed by atoms with E-state index in [1.54, 1.807) is 19.1 Å². The predicted octanol–water partition coefficient (Wildman–Crippen LogP) is 1.20. The van der Waals surface area contributed by atoms with Gasteiger partial charge in [-0.25, -0.2) is 9.78 Å². The quantitative estimate of drug-likeness (QED) is 0.511. The minimum atomic E-state index is -0.515. The van der Waals surface area contributed by atoms with Crippen LogP contribution in [0, 0.1) is 5.21 Å². The topological polar surface area (TPSA) is 92.1 Å². The van der Waals surface area contributed by atoms with Gasteiger partial charge in [0, 0.05) is 17.7 Å². The third-order valence-corrected chi connectivity index (χ3v) is 3.11. The maximum Gasteiger partial charge on any atom is 0.358 e. The number of ether oxygens (including phenoxy) is 1. The number of anilines is 1. The lowest BCUT2D eigenvalue weighted by Gasteiger charge is -2.02. The molecule has 0 spiro atoms. The first-order valence-electron chi connectivity index (χ1n) is 5.24. The fourth-order valence-corrected chi connectivity index (χ4v) is 2.26. The number of esters is 1. The second-order valence-electron chi connectivity index (χ2n) is 3.40. The Labute approximate surface area is 107 Å². The molecule has 94 valence electrons. The number of carbonyl (C=O) groups is 1. The predicted molar refractivity (Wildman–Crippen MR) is 66.9 cm³/mol. The molecule has 18 heavy (non-hydrogen) atoms. The number of pyridine rings is 1. The fraction of sp³-hybridized carbons (Fsp3) is 0.182. The van der Waals surface area contributed by atoms with E-state index in [4.69, 9.17) is 10.5 Å². The molecule has 0 aromatic carbocycles. The lowest BCUT2D eigenvalue weighted by Crippen LogP contribution is -2.23. The number of thiazole rings is 1. The summed E-state index contributed by atoms with van der Waals surface area (Å²) in [5.41, 5.74) is 6.50. The molecule has 0 bridgehead atoms. The Kier molecular flexibility index (Phi) is 3.42. The van der Waals surface area contributed by atoms with Crippen molar-refractivity contribution in [3.8, 4) is 10.4 Å². The van der Waals surface area contributed by atoms with E-state index in [9.17, 15) is 10.0 Å². The van der Waals surface area contributed by atoms with Gasteiger partial charge in [-0.05, 0) is 6.92 Å². The molecule has 0 aliphatic rings. The number of aromatic nitrogens is 2. The monoisotopic (exact) mass is 265 g/mol. The van der Waals surface area contributed by atoms with E-state index in [-0.39, 0.29) is 17.4 Å². The van der Waals surface area contributed by atoms with Crippen molar-refractivity contribution in [2.24, 2.45) is 0 Å². The van der Waals surface area contributed by atoms with Crippen LogP contribution in [0.3, 0.4) is 0 Å². The Hall–Kier alpha value is -2.15. The summed E-state index contributed by atoms with van der Waals surface area (Å²) in [6.45, 7) is 1.99. The van der Waals surface area contributed by atoms with Gasteiger partial charge in [-0.3, -0.25) is 0 Å². The first-order chi connectivity index (χ1) is 8.61. The van der Waals surface area contributed by atoms with E-state index >= 15 is 0 Å². The van der Waals surface area contributed by atoms with Gasteiger partial charge < -0.3 is 15.7 Å². The van der Waals surface area contributed by atoms with Crippen LogP contribution >= 0.6 is 11.3 Å². The zero-order valence-electron chi connectivity index (χ0n) is 9.62. The number of hydrogen-bond donors (Lipinski definition) is 1. The van der Waals surface area contributed by atoms with E-state index < -0.39 is 5.97 Å². The van der Waals surface area contributed by atoms with Gasteiger partial charge in [-0.2, -0.15) is 4.73 Å². The standard InChI is InChI=1S/C11H11N3O3S/c1-2-17-10(15)8-9(18-11(12)13-8)7-3-5-14(16)6-4-7/h3-6H,2H2,1H3,(H2,12,13). The van der Waals surface area contributed by atoms with Gasteiger partial charge in [0.1, 0.15) is 0 Å². The second kappa shape index (κ2) is 5.01. The Morgan fingerprint density at radius 1 is 1.56 bits per heavy atom. The molecule has 2 aromatic heterocycles. The molecule has 2 rings (SSSR count). The third-order valence-electron chi connectivity index (χ3n) is 2.18. The number of nitrogen functional groups attached to an aromatic ring is 1. The molecular weight excluding hydrogens is 254 g/mol. The summed E-state index contributed by atoms with van der Waals surface area (Å²) in [6, 6.07) is 3.20. The van der Waals surface area contributed by atoms with Crippen LogP contribution in [-0.2, 0) is 4.74 Å². The first kappa shape index (κ1) is 12.3. The van der Waals surface area contributed by atoms with Crippen molar-refractivity contribution in [2.75, 3.05) is 12.3 Å². The van der Waals surface area contributed by atoms with E-state index in [2.05, 4.69) is 4.98 Å². The fourth-order valence-electron chi connectivity index (χ4n) is 1.43. The minimum Gasteiger partial charge on any atom is -0.619 e. The number of nitrogens with zero attached hydrogens (tertiary/aromatic N) is 2. The molecule has 2 N–H and O–H groups in total. The average Bonchev–Trinajstić information content (AvgIpc) is 2.73. The molecule has 0 saturated heterocycles. The molecule has 0 atom stereocenters. The molecule has 0 unspecified atom stereocenters. The van der Waals surface area contributed by atoms with Crippen LogP contribution in [0.2, 0.25) is 0 Å². The van der Waals surface area contributed by atoms with E-state index in [1.807, 2.05) is 0 Å². The van der Waals surface area contributed by atoms with Crippen molar-refractivity contribution < 1.29 is 14.3 Å². The Balaban J connectivity index is 2.44. The number of nitrogens with two attached hydrogens (primary N) is 1. The molecule has 0 amide bonds. The summed E-state index contributed by atoms with van der Waals surface area (Å²) in [5, 5.41) is 11.3. The van der Waals surface area contributed by atoms with Crippen LogP contribution in [0.25, 0.3) is 10.4 Å². The zero-order chi connectivity index (χ0) is 13.1. The summed E-state index contributed by atoms with van der Waals surface area (Å²) in [7, 11) is 0. The highest BCUT2D eigenvalue weighted by atomic mass is 32.1. The van der Waals surface area contributed by atoms with Crippen LogP contribution in [0.15, 0.2) is 24.5 Å². The summed E-state index contributed by atoms with van der Waals surface area (Å²) >= 11 is 1.18. The summed E-state index contributed by atoms with van der Waals surface area (Å²) in [4.78, 5) is 16.3. The van der Waals surface area contributed by atoms with Gasteiger partial charge in [-0.1, -0.05) is 11.3 Å². The van der Waals surface area contributed by atoms with E-state index in [0.29, 0.717) is 15.2 Å². The van der Waals surface area contributed by atoms with Crippen LogP contribution in [-0.4, -0.2) is 17.6 Å². The lowest BCUT2D eigenvalue weighted by molar-refractivity contribution is -0.605. The molecule has 2 aromatic rings. The van der Waals surface area contributed by atoms with Gasteiger partial charge in [0.2, 0.25) is 0 Å². The third kappa shape index (κ3) is 2.40. The number of rotatable bonds is 3. The Bertz CT molecular complexity index is 565. The highest BCUT2D eigenvalue weighted by Crippen LogP contribution is 2.31. The number of hydrogen-bond acceptors (Lipinski definition) is 6. The molecule has 0 aliphatic carbocycles. The van der Waals surface area contributed by atoms with E-state index in [0.717, 1.165) is 0 Å². The van der Waals surface area contributed by atoms with Crippen LogP contribution < -0.4 is 10.5 Å². The smallest absolute Gasteiger partial charge is 0.358 e. The summed E-state index contributed by atoms with van der Waals surface area (Å²) in [6.07, 6.45) is 2.69. The van der Waals surface area contributed by atoms with Crippen LogP contribution in [0.4, 0.5) is 5.13 Å². The minimum absolute atomic E-state index is 0.183. The molecule has 0 saturated carbocycles. The van der Waals surface area contributed by atoms with Crippen molar-refractivity contribution in [1.29, 1.82) is 0 Å². The Morgan fingerprint density at radius 3 is 2.83 bits per heavy atom. The van der Waals surface area contributed by atoms with Crippen molar-refractivity contribution in [1.82, 2.24) is 4.98 Å². The SMILES string of the molecule is CCOC(=O)c1nc(N)sc1-c1cc[n+]([O-])cc1. The maximum atomic E-state index is 11.7. The number of carbonyl (C=O) groups excluding carboxylic acids is 1. The zero-order valence-corrected chi connectivity index (χ0v) is 10.4. The van der Waals surface area contributed by atoms with Gasteiger partial charge in [0.15, 0.2) is 23.2 Å². The molecule has 0 aliphatic heterocycles. The first-order valence-corrected chi connectivity index (χ1v) is 6.06. The largest absolute Gasteiger partial charge is 0.619 e. The second-order valence-corrected chi connectivity index (χ2v) is 4.43. The molecule has 2 heterocycles. The average molecular weight is 265 g/mol. The summed E-state index contributed by atoms with van der Waals surface area (Å²) < 4.78 is 5.57. The molecular formula is C11H11N3O3S. The van der Waals surface area contributed by atoms with Gasteiger partial charge in [0.25, 0.3) is 0 Å². The highest BCUT2D eigenvalue weighted by molar-refractivity contribution is 7.19. The highest BCUT2D eigenvalue weighted by Gasteiger charge is 2.20. The molecule has 6 nitrogen and oxygen atoms in total. The lowest BCUT2D eigenvalue weighted by atomic mass is 10.2. The van der Waals surface area contributed by atoms with Gasteiger partial charge >= 0.3 is 5.97 Å². The maximum absolute atomic E-state index is 11.7. The van der Waals surface area contributed by atoms with Crippen LogP contribution in [0.5, 0.6) is 0 Å². The van der Waals surface area contributed by atoms with Gasteiger partial charge in [-0.15, -0.1) is 0 Å². The van der Waals surface area contributed by atoms with Crippen LogP contribution in [0.1, 0.15) is 17.4 Å². The van der Waals surface area contributed by atoms with Crippen molar-refractivity contribution in [3.63, 3.8) is 0 Å². The molecule has 0 radical (unpaired) electrons. The molecule has 0 fully saturated rings. The molecule has 7 heteroatoms. The van der Waals surface area contributed by atoms with Crippen molar-refractivity contribution in [2.45, 2.75) is 6.92 Å². The summed E-state index contributed by atoms with van der Waals surface area (Å²) in [5.74, 6) is -0.515. The van der Waals surface area contributed by atoms with Crippen molar-refractivity contribution >= 4 is 22.4 Å². The van der Waals surface area contributed by atoms with Crippen molar-refractivity contribution in [3.05, 3.63) is 35.4 Å². The van der Waals surface area contributed by atoms with E-state index in [1.165, 1.54) is 23.7 Å². The van der Waals surface area contributed by atoms with Gasteiger partial charge in [0.05, 0.1) is 11.5 Å². The normalized spacial score (nSPS) is 10.3. The Morgan fingerprint density at radius 2 is 2.22 bits per heavy atom.